The molecule has 0 unspecified atom stereocenters. The summed E-state index contributed by atoms with van der Waals surface area (Å²) in [7, 11) is 0. The summed E-state index contributed by atoms with van der Waals surface area (Å²) in [6, 6.07) is 2.79. The Morgan fingerprint density at radius 2 is 1.38 bits per heavy atom. The number of carbonyl (C=O) groups excluding carboxylic acids is 1. The van der Waals surface area contributed by atoms with Gasteiger partial charge >= 0.3 is 18.5 Å². The van der Waals surface area contributed by atoms with Crippen molar-refractivity contribution in [1.29, 1.82) is 0 Å². The van der Waals surface area contributed by atoms with E-state index in [0.717, 1.165) is 17.4 Å². The summed E-state index contributed by atoms with van der Waals surface area (Å²) in [5.74, 6) is -2.62. The normalized spacial score (nSPS) is 13.8. The lowest BCUT2D eigenvalue weighted by molar-refractivity contribution is -0.324. The Hall–Kier alpha value is -1.94. The summed E-state index contributed by atoms with van der Waals surface area (Å²) in [5, 5.41) is 1.12. The summed E-state index contributed by atoms with van der Waals surface area (Å²) in [6.45, 7) is 0.468. The lowest BCUT2D eigenvalue weighted by Gasteiger charge is -2.35. The molecule has 1 N–H and O–H groups in total. The molecule has 0 heterocycles. The van der Waals surface area contributed by atoms with Crippen LogP contribution in [0.1, 0.15) is 18.9 Å². The fourth-order valence-corrected chi connectivity index (χ4v) is 2.05. The molecule has 11 heteroatoms. The van der Waals surface area contributed by atoms with Gasteiger partial charge in [-0.25, -0.2) is 0 Å². The van der Waals surface area contributed by atoms with Crippen LogP contribution >= 0.6 is 0 Å². The predicted molar refractivity (Wildman–Crippen MR) is 64.9 cm³/mol. The third-order valence-electron chi connectivity index (χ3n) is 3.37. The molecular weight excluding hydrogens is 357 g/mol. The molecule has 0 aliphatic carbocycles. The molecule has 1 aromatic rings. The highest BCUT2D eigenvalue weighted by Gasteiger charge is 2.74. The molecule has 0 radical (unpaired) electrons. The zero-order valence-corrected chi connectivity index (χ0v) is 11.8. The highest BCUT2D eigenvalue weighted by atomic mass is 19.4. The number of anilines is 1. The van der Waals surface area contributed by atoms with Crippen molar-refractivity contribution in [2.24, 2.45) is 5.41 Å². The number of nitrogens with one attached hydrogen (secondary N) is 1. The molecule has 1 rings (SSSR count). The van der Waals surface area contributed by atoms with E-state index in [4.69, 9.17) is 0 Å². The van der Waals surface area contributed by atoms with E-state index in [0.29, 0.717) is 19.1 Å². The van der Waals surface area contributed by atoms with Crippen molar-refractivity contribution in [3.05, 3.63) is 29.8 Å². The minimum absolute atomic E-state index is 0.421. The molecule has 1 amide bonds. The zero-order valence-electron chi connectivity index (χ0n) is 11.8. The third kappa shape index (κ3) is 3.44. The van der Waals surface area contributed by atoms with Gasteiger partial charge in [-0.15, -0.1) is 0 Å². The molecule has 0 fully saturated rings. The monoisotopic (exact) mass is 367 g/mol. The Labute approximate surface area is 129 Å². The number of amides is 1. The molecule has 0 saturated heterocycles. The van der Waals surface area contributed by atoms with Gasteiger partial charge in [-0.2, -0.15) is 39.5 Å². The van der Waals surface area contributed by atoms with Crippen LogP contribution in [0.2, 0.25) is 0 Å². The predicted octanol–water partition coefficient (Wildman–Crippen LogP) is 5.16. The average Bonchev–Trinajstić information content (AvgIpc) is 2.35. The fourth-order valence-electron chi connectivity index (χ4n) is 2.05. The standard InChI is InChI=1S/C13H10F9NO/c1-2-10(12(17,18)19,13(20,21)22)9(24)23-8-6-4-3-5-7(8)11(14,15)16/h3-6H,2H2,1H3,(H,23,24). The Morgan fingerprint density at radius 3 is 1.75 bits per heavy atom. The molecule has 2 nitrogen and oxygen atoms in total. The van der Waals surface area contributed by atoms with Crippen molar-refractivity contribution in [2.45, 2.75) is 31.9 Å². The fraction of sp³-hybridized carbons (Fsp3) is 0.462. The molecule has 0 aliphatic rings. The molecule has 136 valence electrons. The molecule has 1 aromatic carbocycles. The van der Waals surface area contributed by atoms with Gasteiger partial charge < -0.3 is 5.32 Å². The van der Waals surface area contributed by atoms with Gasteiger partial charge in [-0.3, -0.25) is 4.79 Å². The topological polar surface area (TPSA) is 29.1 Å². The van der Waals surface area contributed by atoms with Crippen LogP contribution in [-0.4, -0.2) is 18.3 Å². The number of alkyl halides is 9. The van der Waals surface area contributed by atoms with Crippen LogP contribution < -0.4 is 5.32 Å². The average molecular weight is 367 g/mol. The van der Waals surface area contributed by atoms with Crippen molar-refractivity contribution < 1.29 is 44.3 Å². The highest BCUT2D eigenvalue weighted by molar-refractivity contribution is 5.97. The third-order valence-corrected chi connectivity index (χ3v) is 3.37. The lowest BCUT2D eigenvalue weighted by atomic mass is 9.82. The van der Waals surface area contributed by atoms with Crippen molar-refractivity contribution in [3.63, 3.8) is 0 Å². The second-order valence-corrected chi connectivity index (χ2v) is 4.75. The van der Waals surface area contributed by atoms with E-state index in [9.17, 15) is 44.3 Å². The molecule has 24 heavy (non-hydrogen) atoms. The van der Waals surface area contributed by atoms with E-state index >= 15 is 0 Å². The van der Waals surface area contributed by atoms with Crippen LogP contribution in [0.15, 0.2) is 24.3 Å². The highest BCUT2D eigenvalue weighted by Crippen LogP contribution is 2.53. The number of hydrogen-bond donors (Lipinski definition) is 1. The molecule has 0 atom stereocenters. The lowest BCUT2D eigenvalue weighted by Crippen LogP contribution is -2.57. The van der Waals surface area contributed by atoms with E-state index in [1.54, 1.807) is 0 Å². The van der Waals surface area contributed by atoms with Crippen LogP contribution in [0.5, 0.6) is 0 Å². The van der Waals surface area contributed by atoms with Crippen LogP contribution in [0.4, 0.5) is 45.2 Å². The molecule has 0 aromatic heterocycles. The smallest absolute Gasteiger partial charge is 0.324 e. The van der Waals surface area contributed by atoms with Crippen molar-refractivity contribution in [1.82, 2.24) is 0 Å². The van der Waals surface area contributed by atoms with Gasteiger partial charge in [0.1, 0.15) is 0 Å². The van der Waals surface area contributed by atoms with Crippen molar-refractivity contribution in [2.75, 3.05) is 5.32 Å². The quantitative estimate of drug-likeness (QED) is 0.735. The summed E-state index contributed by atoms with van der Waals surface area (Å²) in [4.78, 5) is 11.7. The SMILES string of the molecule is CCC(C(=O)Nc1ccccc1C(F)(F)F)(C(F)(F)F)C(F)(F)F. The maximum Gasteiger partial charge on any atom is 0.418 e. The van der Waals surface area contributed by atoms with Gasteiger partial charge in [0.15, 0.2) is 0 Å². The minimum atomic E-state index is -6.04. The van der Waals surface area contributed by atoms with Crippen LogP contribution in [0.3, 0.4) is 0 Å². The van der Waals surface area contributed by atoms with Crippen LogP contribution in [0.25, 0.3) is 0 Å². The van der Waals surface area contributed by atoms with E-state index in [-0.39, 0.29) is 0 Å². The number of carbonyl (C=O) groups is 1. The Kier molecular flexibility index (Phi) is 5.17. The molecule has 0 aliphatic heterocycles. The van der Waals surface area contributed by atoms with Gasteiger partial charge in [0.25, 0.3) is 0 Å². The summed E-state index contributed by atoms with van der Waals surface area (Å²) in [6.07, 6.45) is -18.9. The minimum Gasteiger partial charge on any atom is -0.324 e. The Bertz CT molecular complexity index is 587. The van der Waals surface area contributed by atoms with Crippen LogP contribution in [-0.2, 0) is 11.0 Å². The Balaban J connectivity index is 3.41. The van der Waals surface area contributed by atoms with E-state index in [1.807, 2.05) is 0 Å². The summed E-state index contributed by atoms with van der Waals surface area (Å²) in [5.41, 5.74) is -7.58. The molecular formula is C13H10F9NO. The maximum atomic E-state index is 13.0. The zero-order chi connectivity index (χ0) is 19.0. The first kappa shape index (κ1) is 20.1. The first-order valence-electron chi connectivity index (χ1n) is 6.29. The van der Waals surface area contributed by atoms with Gasteiger partial charge in [0.05, 0.1) is 11.3 Å². The molecule has 0 saturated carbocycles. The first-order valence-corrected chi connectivity index (χ1v) is 6.29. The van der Waals surface area contributed by atoms with E-state index in [2.05, 4.69) is 0 Å². The number of para-hydroxylation sites is 1. The number of rotatable bonds is 3. The number of halogens is 9. The number of benzene rings is 1. The Morgan fingerprint density at radius 1 is 0.917 bits per heavy atom. The second kappa shape index (κ2) is 6.17. The van der Waals surface area contributed by atoms with Gasteiger partial charge in [0.2, 0.25) is 11.3 Å². The molecule has 0 spiro atoms. The van der Waals surface area contributed by atoms with Gasteiger partial charge in [0, 0.05) is 0 Å². The largest absolute Gasteiger partial charge is 0.418 e. The van der Waals surface area contributed by atoms with Gasteiger partial charge in [-0.1, -0.05) is 19.1 Å². The van der Waals surface area contributed by atoms with E-state index < -0.39 is 47.5 Å². The summed E-state index contributed by atoms with van der Waals surface area (Å²) < 4.78 is 116. The second-order valence-electron chi connectivity index (χ2n) is 4.75. The van der Waals surface area contributed by atoms with Crippen molar-refractivity contribution >= 4 is 11.6 Å². The van der Waals surface area contributed by atoms with Gasteiger partial charge in [-0.05, 0) is 18.6 Å². The van der Waals surface area contributed by atoms with Crippen molar-refractivity contribution in [3.8, 4) is 0 Å². The molecule has 0 bridgehead atoms. The summed E-state index contributed by atoms with van der Waals surface area (Å²) >= 11 is 0. The van der Waals surface area contributed by atoms with E-state index in [1.165, 1.54) is 0 Å². The maximum absolute atomic E-state index is 13.0. The first-order chi connectivity index (χ1) is 10.7. The number of hydrogen-bond acceptors (Lipinski definition) is 1. The van der Waals surface area contributed by atoms with Crippen LogP contribution in [0, 0.1) is 5.41 Å².